The number of hydrazone groups is 1. The number of hydrogen-bond acceptors (Lipinski definition) is 5. The molecule has 0 aliphatic rings. The van der Waals surface area contributed by atoms with Crippen LogP contribution in [0.3, 0.4) is 0 Å². The zero-order valence-corrected chi connectivity index (χ0v) is 13.8. The van der Waals surface area contributed by atoms with Gasteiger partial charge in [0, 0.05) is 0 Å². The van der Waals surface area contributed by atoms with Crippen LogP contribution in [0.25, 0.3) is 0 Å². The van der Waals surface area contributed by atoms with E-state index in [1.165, 1.54) is 6.21 Å². The minimum Gasteiger partial charge on any atom is -0.484 e. The third-order valence-electron chi connectivity index (χ3n) is 3.05. The second-order valence-corrected chi connectivity index (χ2v) is 5.22. The highest BCUT2D eigenvalue weighted by Crippen LogP contribution is 2.11. The minimum atomic E-state index is -0.541. The number of nitrogens with two attached hydrogens (primary N) is 1. The largest absolute Gasteiger partial charge is 0.484 e. The summed E-state index contributed by atoms with van der Waals surface area (Å²) in [5.41, 5.74) is 9.25. The molecule has 2 amide bonds. The Kier molecular flexibility index (Phi) is 6.53. The van der Waals surface area contributed by atoms with Crippen LogP contribution in [0.5, 0.6) is 11.5 Å². The molecule has 7 heteroatoms. The molecule has 0 heterocycles. The normalized spacial score (nSPS) is 10.4. The molecule has 0 radical (unpaired) electrons. The predicted molar refractivity (Wildman–Crippen MR) is 93.5 cm³/mol. The third-order valence-corrected chi connectivity index (χ3v) is 3.05. The van der Waals surface area contributed by atoms with Crippen molar-refractivity contribution in [2.75, 3.05) is 13.2 Å². The molecule has 0 fully saturated rings. The summed E-state index contributed by atoms with van der Waals surface area (Å²) in [5.74, 6) is 0.238. The van der Waals surface area contributed by atoms with E-state index in [1.54, 1.807) is 36.4 Å². The highest BCUT2D eigenvalue weighted by Gasteiger charge is 2.01. The smallest absolute Gasteiger partial charge is 0.277 e. The van der Waals surface area contributed by atoms with Crippen LogP contribution in [0.1, 0.15) is 11.1 Å². The van der Waals surface area contributed by atoms with E-state index in [0.29, 0.717) is 11.5 Å². The highest BCUT2D eigenvalue weighted by atomic mass is 16.5. The van der Waals surface area contributed by atoms with Crippen molar-refractivity contribution in [3.8, 4) is 11.5 Å². The number of carbonyl (C=O) groups excluding carboxylic acids is 2. The molecule has 0 saturated carbocycles. The molecule has 3 N–H and O–H groups in total. The maximum atomic E-state index is 11.7. The van der Waals surface area contributed by atoms with Crippen LogP contribution in [0.4, 0.5) is 0 Å². The first-order valence-corrected chi connectivity index (χ1v) is 7.55. The summed E-state index contributed by atoms with van der Waals surface area (Å²) in [7, 11) is 0. The van der Waals surface area contributed by atoms with Crippen LogP contribution in [-0.4, -0.2) is 31.2 Å². The van der Waals surface area contributed by atoms with Gasteiger partial charge in [0.1, 0.15) is 11.5 Å². The molecule has 2 aromatic rings. The highest BCUT2D eigenvalue weighted by molar-refractivity contribution is 5.83. The lowest BCUT2D eigenvalue weighted by molar-refractivity contribution is -0.123. The van der Waals surface area contributed by atoms with E-state index >= 15 is 0 Å². The Labute approximate surface area is 145 Å². The number of benzene rings is 2. The van der Waals surface area contributed by atoms with E-state index in [-0.39, 0.29) is 19.1 Å². The van der Waals surface area contributed by atoms with Crippen molar-refractivity contribution in [1.29, 1.82) is 0 Å². The molecule has 130 valence electrons. The van der Waals surface area contributed by atoms with Crippen molar-refractivity contribution in [3.63, 3.8) is 0 Å². The molecule has 0 aromatic heterocycles. The van der Waals surface area contributed by atoms with Gasteiger partial charge in [-0.25, -0.2) is 5.43 Å². The van der Waals surface area contributed by atoms with Gasteiger partial charge in [-0.2, -0.15) is 5.10 Å². The van der Waals surface area contributed by atoms with E-state index < -0.39 is 5.91 Å². The minimum absolute atomic E-state index is 0.125. The Balaban J connectivity index is 1.74. The molecule has 0 aliphatic heterocycles. The van der Waals surface area contributed by atoms with Crippen molar-refractivity contribution in [2.24, 2.45) is 10.8 Å². The predicted octanol–water partition coefficient (Wildman–Crippen LogP) is 1.39. The fourth-order valence-electron chi connectivity index (χ4n) is 1.80. The molecule has 7 nitrogen and oxygen atoms in total. The lowest BCUT2D eigenvalue weighted by atomic mass is 10.2. The Hall–Kier alpha value is -3.35. The van der Waals surface area contributed by atoms with E-state index in [4.69, 9.17) is 15.2 Å². The Bertz CT molecular complexity index is 740. The number of nitrogens with one attached hydrogen (secondary N) is 1. The summed E-state index contributed by atoms with van der Waals surface area (Å²) in [5, 5.41) is 3.85. The summed E-state index contributed by atoms with van der Waals surface area (Å²) < 4.78 is 10.5. The van der Waals surface area contributed by atoms with Gasteiger partial charge in [0.2, 0.25) is 0 Å². The maximum absolute atomic E-state index is 11.7. The standard InChI is InChI=1S/C18H19N3O4/c1-13-2-6-15(7-3-13)25-12-18(23)21-20-10-14-4-8-16(9-5-14)24-11-17(19)22/h2-10H,11-12H2,1H3,(H2,19,22)(H,21,23)/b20-10+. The van der Waals surface area contributed by atoms with E-state index in [0.717, 1.165) is 11.1 Å². The summed E-state index contributed by atoms with van der Waals surface area (Å²) >= 11 is 0. The zero-order valence-electron chi connectivity index (χ0n) is 13.8. The van der Waals surface area contributed by atoms with Crippen LogP contribution in [0.2, 0.25) is 0 Å². The van der Waals surface area contributed by atoms with Crippen LogP contribution >= 0.6 is 0 Å². The lowest BCUT2D eigenvalue weighted by Crippen LogP contribution is -2.24. The number of ether oxygens (including phenoxy) is 2. The second-order valence-electron chi connectivity index (χ2n) is 5.22. The molecule has 25 heavy (non-hydrogen) atoms. The monoisotopic (exact) mass is 341 g/mol. The van der Waals surface area contributed by atoms with Crippen LogP contribution < -0.4 is 20.6 Å². The van der Waals surface area contributed by atoms with E-state index in [9.17, 15) is 9.59 Å². The molecular formula is C18H19N3O4. The number of rotatable bonds is 8. The maximum Gasteiger partial charge on any atom is 0.277 e. The van der Waals surface area contributed by atoms with Gasteiger partial charge in [-0.15, -0.1) is 0 Å². The van der Waals surface area contributed by atoms with Gasteiger partial charge < -0.3 is 15.2 Å². The number of amides is 2. The molecular weight excluding hydrogens is 322 g/mol. The Morgan fingerprint density at radius 1 is 1.00 bits per heavy atom. The molecule has 0 bridgehead atoms. The molecule has 0 aliphatic carbocycles. The number of nitrogens with zero attached hydrogens (tertiary/aromatic N) is 1. The SMILES string of the molecule is Cc1ccc(OCC(=O)N/N=C/c2ccc(OCC(N)=O)cc2)cc1. The molecule has 2 aromatic carbocycles. The van der Waals surface area contributed by atoms with Gasteiger partial charge in [0.25, 0.3) is 11.8 Å². The van der Waals surface area contributed by atoms with Crippen molar-refractivity contribution < 1.29 is 19.1 Å². The molecule has 2 rings (SSSR count). The summed E-state index contributed by atoms with van der Waals surface area (Å²) in [6.45, 7) is 1.67. The van der Waals surface area contributed by atoms with Crippen molar-refractivity contribution >= 4 is 18.0 Å². The quantitative estimate of drug-likeness (QED) is 0.559. The Morgan fingerprint density at radius 2 is 1.56 bits per heavy atom. The second kappa shape index (κ2) is 9.07. The Morgan fingerprint density at radius 3 is 2.16 bits per heavy atom. The van der Waals surface area contributed by atoms with E-state index in [1.807, 2.05) is 19.1 Å². The summed E-state index contributed by atoms with van der Waals surface area (Å²) in [6.07, 6.45) is 1.49. The van der Waals surface area contributed by atoms with Crippen LogP contribution in [0.15, 0.2) is 53.6 Å². The van der Waals surface area contributed by atoms with Crippen molar-refractivity contribution in [2.45, 2.75) is 6.92 Å². The zero-order chi connectivity index (χ0) is 18.1. The third kappa shape index (κ3) is 6.74. The van der Waals surface area contributed by atoms with Crippen molar-refractivity contribution in [3.05, 3.63) is 59.7 Å². The van der Waals surface area contributed by atoms with Gasteiger partial charge in [-0.3, -0.25) is 9.59 Å². The first-order valence-electron chi connectivity index (χ1n) is 7.55. The van der Waals surface area contributed by atoms with Crippen molar-refractivity contribution in [1.82, 2.24) is 5.43 Å². The number of primary amides is 1. The first kappa shape index (κ1) is 18.0. The summed E-state index contributed by atoms with van der Waals surface area (Å²) in [4.78, 5) is 22.3. The average molecular weight is 341 g/mol. The topological polar surface area (TPSA) is 103 Å². The van der Waals surface area contributed by atoms with Crippen LogP contribution in [-0.2, 0) is 9.59 Å². The summed E-state index contributed by atoms with van der Waals surface area (Å²) in [6, 6.07) is 14.2. The number of carbonyl (C=O) groups is 2. The average Bonchev–Trinajstić information content (AvgIpc) is 2.60. The fraction of sp³-hybridized carbons (Fsp3) is 0.167. The van der Waals surface area contributed by atoms with Gasteiger partial charge in [-0.05, 0) is 48.9 Å². The van der Waals surface area contributed by atoms with Gasteiger partial charge >= 0.3 is 0 Å². The molecule has 0 unspecified atom stereocenters. The van der Waals surface area contributed by atoms with E-state index in [2.05, 4.69) is 10.5 Å². The first-order chi connectivity index (χ1) is 12.0. The molecule has 0 spiro atoms. The van der Waals surface area contributed by atoms with Gasteiger partial charge in [0.15, 0.2) is 13.2 Å². The number of aryl methyl sites for hydroxylation is 1. The van der Waals surface area contributed by atoms with Crippen LogP contribution in [0, 0.1) is 6.92 Å². The lowest BCUT2D eigenvalue weighted by Gasteiger charge is -2.05. The van der Waals surface area contributed by atoms with Gasteiger partial charge in [0.05, 0.1) is 6.21 Å². The fourth-order valence-corrected chi connectivity index (χ4v) is 1.80. The molecule has 0 saturated heterocycles. The number of hydrogen-bond donors (Lipinski definition) is 2. The molecule has 0 atom stereocenters. The van der Waals surface area contributed by atoms with Gasteiger partial charge in [-0.1, -0.05) is 17.7 Å².